The Balaban J connectivity index is 1.44. The number of fused-ring (bicyclic) bond motifs is 1. The van der Waals surface area contributed by atoms with E-state index in [2.05, 4.69) is 38.6 Å². The lowest BCUT2D eigenvalue weighted by molar-refractivity contribution is 0.305. The molecule has 3 aromatic carbocycles. The standard InChI is InChI=1S/C23H17ClFIN2O/c24-20-11-15(5-9-23(20)29-13-16-2-1-3-17(25)10-16)4-7-21-19-12-18(26)6-8-22(19)28-14-27-21/h1-3,5-6,8-12,14H,4,7,13H2. The van der Waals surface area contributed by atoms with Gasteiger partial charge in [-0.25, -0.2) is 14.4 Å². The third kappa shape index (κ3) is 5.03. The molecule has 29 heavy (non-hydrogen) atoms. The number of rotatable bonds is 6. The van der Waals surface area contributed by atoms with Gasteiger partial charge in [-0.05, 0) is 89.0 Å². The van der Waals surface area contributed by atoms with Crippen LogP contribution in [0.4, 0.5) is 4.39 Å². The molecule has 4 aromatic rings. The van der Waals surface area contributed by atoms with Crippen LogP contribution in [-0.2, 0) is 19.4 Å². The second kappa shape index (κ2) is 9.05. The van der Waals surface area contributed by atoms with Crippen LogP contribution in [0.3, 0.4) is 0 Å². The average molecular weight is 519 g/mol. The highest BCUT2D eigenvalue weighted by molar-refractivity contribution is 14.1. The first-order valence-electron chi connectivity index (χ1n) is 9.13. The zero-order valence-corrected chi connectivity index (χ0v) is 18.3. The Hall–Kier alpha value is -2.25. The van der Waals surface area contributed by atoms with Crippen LogP contribution in [0.5, 0.6) is 5.75 Å². The summed E-state index contributed by atoms with van der Waals surface area (Å²) in [6.45, 7) is 0.266. The van der Waals surface area contributed by atoms with E-state index in [0.717, 1.165) is 44.1 Å². The smallest absolute Gasteiger partial charge is 0.138 e. The molecule has 0 spiro atoms. The van der Waals surface area contributed by atoms with Crippen LogP contribution in [0.15, 0.2) is 67.0 Å². The number of aryl methyl sites for hydroxylation is 2. The van der Waals surface area contributed by atoms with Crippen LogP contribution < -0.4 is 4.74 Å². The molecule has 0 saturated carbocycles. The highest BCUT2D eigenvalue weighted by atomic mass is 127. The summed E-state index contributed by atoms with van der Waals surface area (Å²) in [4.78, 5) is 8.81. The Kier molecular flexibility index (Phi) is 6.25. The first-order chi connectivity index (χ1) is 14.1. The van der Waals surface area contributed by atoms with Crippen molar-refractivity contribution in [3.05, 3.63) is 98.2 Å². The van der Waals surface area contributed by atoms with Crippen LogP contribution in [0.25, 0.3) is 10.9 Å². The molecule has 0 amide bonds. The predicted molar refractivity (Wildman–Crippen MR) is 122 cm³/mol. The Bertz CT molecular complexity index is 1170. The summed E-state index contributed by atoms with van der Waals surface area (Å²) < 4.78 is 20.2. The molecule has 1 heterocycles. The molecular formula is C23H17ClFIN2O. The number of benzene rings is 3. The first-order valence-corrected chi connectivity index (χ1v) is 10.6. The van der Waals surface area contributed by atoms with Crippen LogP contribution >= 0.6 is 34.2 Å². The number of halogens is 3. The van der Waals surface area contributed by atoms with Gasteiger partial charge in [0.05, 0.1) is 16.2 Å². The molecule has 0 atom stereocenters. The number of aromatic nitrogens is 2. The molecule has 0 unspecified atom stereocenters. The van der Waals surface area contributed by atoms with Gasteiger partial charge < -0.3 is 4.74 Å². The topological polar surface area (TPSA) is 35.0 Å². The summed E-state index contributed by atoms with van der Waals surface area (Å²) in [5.41, 5.74) is 3.84. The van der Waals surface area contributed by atoms with Crippen LogP contribution in [0, 0.1) is 9.39 Å². The summed E-state index contributed by atoms with van der Waals surface area (Å²) in [6.07, 6.45) is 3.21. The Labute approximate surface area is 187 Å². The monoisotopic (exact) mass is 518 g/mol. The lowest BCUT2D eigenvalue weighted by Gasteiger charge is -2.10. The van der Waals surface area contributed by atoms with Crippen LogP contribution in [-0.4, -0.2) is 9.97 Å². The lowest BCUT2D eigenvalue weighted by atomic mass is 10.0. The summed E-state index contributed by atoms with van der Waals surface area (Å²) in [5.74, 6) is 0.307. The van der Waals surface area contributed by atoms with Crippen LogP contribution in [0.2, 0.25) is 5.02 Å². The van der Waals surface area contributed by atoms with Gasteiger partial charge in [-0.3, -0.25) is 0 Å². The second-order valence-corrected chi connectivity index (χ2v) is 8.32. The van der Waals surface area contributed by atoms with Gasteiger partial charge in [0.25, 0.3) is 0 Å². The molecule has 146 valence electrons. The summed E-state index contributed by atoms with van der Waals surface area (Å²) in [7, 11) is 0. The third-order valence-corrected chi connectivity index (χ3v) is 5.58. The molecule has 6 heteroatoms. The van der Waals surface area contributed by atoms with E-state index in [-0.39, 0.29) is 12.4 Å². The molecule has 1 aromatic heterocycles. The fourth-order valence-electron chi connectivity index (χ4n) is 3.15. The molecule has 0 radical (unpaired) electrons. The molecule has 3 nitrogen and oxygen atoms in total. The van der Waals surface area contributed by atoms with E-state index in [9.17, 15) is 4.39 Å². The van der Waals surface area contributed by atoms with Crippen molar-refractivity contribution in [3.63, 3.8) is 0 Å². The molecule has 0 aliphatic heterocycles. The Morgan fingerprint density at radius 1 is 0.931 bits per heavy atom. The number of hydrogen-bond donors (Lipinski definition) is 0. The molecule has 4 rings (SSSR count). The third-order valence-electron chi connectivity index (χ3n) is 4.61. The number of ether oxygens (including phenoxy) is 1. The van der Waals surface area contributed by atoms with Gasteiger partial charge in [0, 0.05) is 8.96 Å². The van der Waals surface area contributed by atoms with Crippen molar-refractivity contribution in [2.75, 3.05) is 0 Å². The minimum atomic E-state index is -0.278. The quantitative estimate of drug-likeness (QED) is 0.277. The van der Waals surface area contributed by atoms with Crippen LogP contribution in [0.1, 0.15) is 16.8 Å². The average Bonchev–Trinajstić information content (AvgIpc) is 2.71. The van der Waals surface area contributed by atoms with Gasteiger partial charge in [0.15, 0.2) is 0 Å². The Morgan fingerprint density at radius 2 is 1.83 bits per heavy atom. The van der Waals surface area contributed by atoms with E-state index in [0.29, 0.717) is 10.8 Å². The van der Waals surface area contributed by atoms with Gasteiger partial charge in [-0.15, -0.1) is 0 Å². The van der Waals surface area contributed by atoms with Gasteiger partial charge in [0.1, 0.15) is 24.5 Å². The highest BCUT2D eigenvalue weighted by Crippen LogP contribution is 2.27. The number of hydrogen-bond acceptors (Lipinski definition) is 3. The molecule has 0 fully saturated rings. The SMILES string of the molecule is Fc1cccc(COc2ccc(CCc3ncnc4ccc(I)cc34)cc2Cl)c1. The minimum absolute atomic E-state index is 0.266. The fraction of sp³-hybridized carbons (Fsp3) is 0.130. The van der Waals surface area contributed by atoms with Gasteiger partial charge in [-0.1, -0.05) is 29.8 Å². The highest BCUT2D eigenvalue weighted by Gasteiger charge is 2.08. The van der Waals surface area contributed by atoms with Gasteiger partial charge >= 0.3 is 0 Å². The van der Waals surface area contributed by atoms with Crippen molar-refractivity contribution in [1.82, 2.24) is 9.97 Å². The number of nitrogens with zero attached hydrogens (tertiary/aromatic N) is 2. The van der Waals surface area contributed by atoms with Gasteiger partial charge in [0.2, 0.25) is 0 Å². The summed E-state index contributed by atoms with van der Waals surface area (Å²) >= 11 is 8.70. The molecule has 0 N–H and O–H groups in total. The van der Waals surface area contributed by atoms with E-state index < -0.39 is 0 Å². The lowest BCUT2D eigenvalue weighted by Crippen LogP contribution is -1.99. The van der Waals surface area contributed by atoms with E-state index >= 15 is 0 Å². The maximum atomic E-state index is 13.3. The van der Waals surface area contributed by atoms with Crippen molar-refractivity contribution in [3.8, 4) is 5.75 Å². The summed E-state index contributed by atoms with van der Waals surface area (Å²) in [5, 5.41) is 1.63. The molecule has 0 bridgehead atoms. The van der Waals surface area contributed by atoms with E-state index in [1.807, 2.05) is 36.4 Å². The molecular weight excluding hydrogens is 502 g/mol. The zero-order valence-electron chi connectivity index (χ0n) is 15.4. The maximum absolute atomic E-state index is 13.3. The summed E-state index contributed by atoms with van der Waals surface area (Å²) in [6, 6.07) is 18.3. The van der Waals surface area contributed by atoms with Crippen molar-refractivity contribution >= 4 is 45.1 Å². The minimum Gasteiger partial charge on any atom is -0.487 e. The van der Waals surface area contributed by atoms with Crippen molar-refractivity contribution in [2.24, 2.45) is 0 Å². The van der Waals surface area contributed by atoms with E-state index in [1.54, 1.807) is 12.4 Å². The van der Waals surface area contributed by atoms with E-state index in [4.69, 9.17) is 16.3 Å². The van der Waals surface area contributed by atoms with Crippen molar-refractivity contribution < 1.29 is 9.13 Å². The molecule has 0 aliphatic carbocycles. The fourth-order valence-corrected chi connectivity index (χ4v) is 3.90. The van der Waals surface area contributed by atoms with Gasteiger partial charge in [-0.2, -0.15) is 0 Å². The second-order valence-electron chi connectivity index (χ2n) is 6.67. The first kappa shape index (κ1) is 20.0. The normalized spacial score (nSPS) is 11.0. The molecule has 0 aliphatic rings. The predicted octanol–water partition coefficient (Wildman–Crippen LogP) is 6.39. The largest absolute Gasteiger partial charge is 0.487 e. The van der Waals surface area contributed by atoms with E-state index in [1.165, 1.54) is 12.1 Å². The molecule has 0 saturated heterocycles. The zero-order chi connectivity index (χ0) is 20.2. The maximum Gasteiger partial charge on any atom is 0.138 e. The van der Waals surface area contributed by atoms with Crippen molar-refractivity contribution in [1.29, 1.82) is 0 Å². The Morgan fingerprint density at radius 3 is 2.66 bits per heavy atom. The van der Waals surface area contributed by atoms with Crippen molar-refractivity contribution in [2.45, 2.75) is 19.4 Å².